The molecule has 0 radical (unpaired) electrons. The van der Waals surface area contributed by atoms with Crippen molar-refractivity contribution in [3.8, 4) is 0 Å². The Bertz CT molecular complexity index is 645. The van der Waals surface area contributed by atoms with Crippen molar-refractivity contribution >= 4 is 16.9 Å². The number of nitrogen functional groups attached to an aromatic ring is 1. The minimum Gasteiger partial charge on any atom is -0.394 e. The van der Waals surface area contributed by atoms with E-state index in [0.29, 0.717) is 22.5 Å². The Balaban J connectivity index is 2.05. The number of fused-ring (bicyclic) bond motifs is 1. The molecule has 1 fully saturated rings. The molecule has 2 aromatic heterocycles. The van der Waals surface area contributed by atoms with Crippen LogP contribution in [0.2, 0.25) is 0 Å². The Kier molecular flexibility index (Phi) is 3.05. The van der Waals surface area contributed by atoms with Gasteiger partial charge in [0.25, 0.3) is 5.82 Å². The van der Waals surface area contributed by atoms with Crippen LogP contribution in [0.1, 0.15) is 11.8 Å². The molecule has 0 aliphatic carbocycles. The first kappa shape index (κ1) is 13.2. The van der Waals surface area contributed by atoms with E-state index in [2.05, 4.69) is 15.2 Å². The van der Waals surface area contributed by atoms with Gasteiger partial charge in [0.2, 0.25) is 6.33 Å². The lowest BCUT2D eigenvalue weighted by atomic mass is 10.1. The minimum absolute atomic E-state index is 0.384. The third kappa shape index (κ3) is 1.75. The predicted octanol–water partition coefficient (Wildman–Crippen LogP) is -2.48. The van der Waals surface area contributed by atoms with Gasteiger partial charge < -0.3 is 25.8 Å². The van der Waals surface area contributed by atoms with Crippen molar-refractivity contribution in [2.24, 2.45) is 7.05 Å². The van der Waals surface area contributed by atoms with Crippen LogP contribution >= 0.6 is 0 Å². The summed E-state index contributed by atoms with van der Waals surface area (Å²) in [5.41, 5.74) is 7.25. The van der Waals surface area contributed by atoms with Gasteiger partial charge in [0.15, 0.2) is 11.0 Å². The third-order valence-electron chi connectivity index (χ3n) is 3.58. The molecule has 0 unspecified atom stereocenters. The van der Waals surface area contributed by atoms with E-state index in [9.17, 15) is 10.2 Å². The maximum atomic E-state index is 10.0. The highest BCUT2D eigenvalue weighted by molar-refractivity contribution is 5.84. The summed E-state index contributed by atoms with van der Waals surface area (Å²) in [6.45, 7) is -0.384. The van der Waals surface area contributed by atoms with Gasteiger partial charge in [-0.15, -0.1) is 4.98 Å². The van der Waals surface area contributed by atoms with E-state index in [0.717, 1.165) is 0 Å². The Hall–Kier alpha value is -1.81. The molecule has 0 saturated carbocycles. The van der Waals surface area contributed by atoms with Gasteiger partial charge in [-0.1, -0.05) is 0 Å². The van der Waals surface area contributed by atoms with Crippen LogP contribution in [0.4, 0.5) is 5.82 Å². The number of anilines is 1. The highest BCUT2D eigenvalue weighted by Crippen LogP contribution is 2.35. The molecule has 1 saturated heterocycles. The van der Waals surface area contributed by atoms with Crippen LogP contribution in [0.3, 0.4) is 0 Å². The topological polar surface area (TPSA) is 141 Å². The predicted molar refractivity (Wildman–Crippen MR) is 66.2 cm³/mol. The zero-order valence-corrected chi connectivity index (χ0v) is 10.8. The largest absolute Gasteiger partial charge is 0.394 e. The summed E-state index contributed by atoms with van der Waals surface area (Å²) in [6, 6.07) is 0. The van der Waals surface area contributed by atoms with E-state index >= 15 is 0 Å². The van der Waals surface area contributed by atoms with Crippen molar-refractivity contribution in [1.82, 2.24) is 15.2 Å². The minimum atomic E-state index is -1.17. The van der Waals surface area contributed by atoms with E-state index in [-0.39, 0.29) is 6.61 Å². The molecule has 0 amide bonds. The maximum absolute atomic E-state index is 10.0. The molecule has 2 aromatic rings. The van der Waals surface area contributed by atoms with E-state index < -0.39 is 24.4 Å². The molecular formula is C11H16N5O4+. The molecule has 0 bridgehead atoms. The van der Waals surface area contributed by atoms with Crippen molar-refractivity contribution in [1.29, 1.82) is 0 Å². The van der Waals surface area contributed by atoms with Gasteiger partial charge in [0.1, 0.15) is 30.1 Å². The SMILES string of the molecule is C[n+]1cnc2c([C@@H]3O[C@H](CO)[C@@H](O)[C@H]3O)[nH]nc2c1N. The molecule has 1 aliphatic heterocycles. The van der Waals surface area contributed by atoms with Crippen molar-refractivity contribution < 1.29 is 24.6 Å². The lowest BCUT2D eigenvalue weighted by Crippen LogP contribution is -2.33. The number of nitrogens with one attached hydrogen (secondary N) is 1. The molecule has 9 nitrogen and oxygen atoms in total. The molecule has 1 aliphatic rings. The average Bonchev–Trinajstić information content (AvgIpc) is 2.98. The van der Waals surface area contributed by atoms with E-state index in [1.54, 1.807) is 11.6 Å². The van der Waals surface area contributed by atoms with Crippen LogP contribution in [0, 0.1) is 0 Å². The first-order valence-electron chi connectivity index (χ1n) is 6.15. The quantitative estimate of drug-likeness (QED) is 0.384. The van der Waals surface area contributed by atoms with Gasteiger partial charge >= 0.3 is 0 Å². The number of aliphatic hydroxyl groups is 3. The zero-order chi connectivity index (χ0) is 14.4. The summed E-state index contributed by atoms with van der Waals surface area (Å²) < 4.78 is 7.06. The molecule has 108 valence electrons. The fourth-order valence-corrected chi connectivity index (χ4v) is 2.37. The second kappa shape index (κ2) is 4.63. The number of H-pyrrole nitrogens is 1. The second-order valence-corrected chi connectivity index (χ2v) is 4.83. The highest BCUT2D eigenvalue weighted by Gasteiger charge is 2.45. The summed E-state index contributed by atoms with van der Waals surface area (Å²) >= 11 is 0. The van der Waals surface area contributed by atoms with Crippen molar-refractivity contribution in [3.63, 3.8) is 0 Å². The van der Waals surface area contributed by atoms with Gasteiger partial charge in [0, 0.05) is 0 Å². The number of aliphatic hydroxyl groups excluding tert-OH is 3. The standard InChI is InChI=1S/C11H15N5O4/c1-16-3-13-5-6(14-15-7(5)11(16)12)10-9(19)8(18)4(2-17)20-10/h3-4,8-10,17-19H,2H2,1H3,(H2,12,14,15)/p+1/t4-,8-,9-,10+/m1/s1. The Labute approximate surface area is 113 Å². The molecule has 4 atom stereocenters. The summed E-state index contributed by atoms with van der Waals surface area (Å²) in [7, 11) is 1.74. The number of aromatic nitrogens is 4. The summed E-state index contributed by atoms with van der Waals surface area (Å²) in [6.07, 6.45) is -2.50. The fraction of sp³-hybridized carbons (Fsp3) is 0.545. The molecule has 20 heavy (non-hydrogen) atoms. The first-order valence-corrected chi connectivity index (χ1v) is 6.15. The van der Waals surface area contributed by atoms with Crippen LogP contribution in [0.5, 0.6) is 0 Å². The van der Waals surface area contributed by atoms with Gasteiger partial charge in [0.05, 0.1) is 13.7 Å². The van der Waals surface area contributed by atoms with Crippen LogP contribution < -0.4 is 10.3 Å². The molecular weight excluding hydrogens is 266 g/mol. The molecule has 3 rings (SSSR count). The fourth-order valence-electron chi connectivity index (χ4n) is 2.37. The van der Waals surface area contributed by atoms with Crippen molar-refractivity contribution in [2.75, 3.05) is 12.3 Å². The summed E-state index contributed by atoms with van der Waals surface area (Å²) in [5, 5.41) is 35.7. The van der Waals surface area contributed by atoms with Gasteiger partial charge in [-0.05, 0) is 0 Å². The van der Waals surface area contributed by atoms with Crippen LogP contribution in [-0.2, 0) is 11.8 Å². The Morgan fingerprint density at radius 3 is 2.80 bits per heavy atom. The third-order valence-corrected chi connectivity index (χ3v) is 3.58. The van der Waals surface area contributed by atoms with Crippen molar-refractivity contribution in [3.05, 3.63) is 12.0 Å². The molecule has 3 heterocycles. The smallest absolute Gasteiger partial charge is 0.250 e. The normalized spacial score (nSPS) is 30.2. The number of rotatable bonds is 2. The van der Waals surface area contributed by atoms with Gasteiger partial charge in [-0.2, -0.15) is 5.10 Å². The molecule has 9 heteroatoms. The van der Waals surface area contributed by atoms with Gasteiger partial charge in [-0.25, -0.2) is 4.57 Å². The number of ether oxygens (including phenoxy) is 1. The Morgan fingerprint density at radius 2 is 2.15 bits per heavy atom. The number of hydrogen-bond acceptors (Lipinski definition) is 7. The summed E-state index contributed by atoms with van der Waals surface area (Å²) in [4.78, 5) is 4.21. The summed E-state index contributed by atoms with van der Waals surface area (Å²) in [5.74, 6) is 0.421. The average molecular weight is 282 g/mol. The lowest BCUT2D eigenvalue weighted by Gasteiger charge is -2.11. The monoisotopic (exact) mass is 282 g/mol. The van der Waals surface area contributed by atoms with E-state index in [1.807, 2.05) is 0 Å². The zero-order valence-electron chi connectivity index (χ0n) is 10.8. The first-order chi connectivity index (χ1) is 9.54. The van der Waals surface area contributed by atoms with Crippen LogP contribution in [-0.4, -0.2) is 55.4 Å². The lowest BCUT2D eigenvalue weighted by molar-refractivity contribution is -0.658. The van der Waals surface area contributed by atoms with Crippen LogP contribution in [0.15, 0.2) is 6.33 Å². The molecule has 0 spiro atoms. The van der Waals surface area contributed by atoms with E-state index in [4.69, 9.17) is 15.6 Å². The second-order valence-electron chi connectivity index (χ2n) is 4.83. The number of nitrogens with two attached hydrogens (primary N) is 1. The number of hydrogen-bond donors (Lipinski definition) is 5. The molecule has 6 N–H and O–H groups in total. The van der Waals surface area contributed by atoms with Crippen LogP contribution in [0.25, 0.3) is 11.0 Å². The van der Waals surface area contributed by atoms with Gasteiger partial charge in [-0.3, -0.25) is 5.10 Å². The number of aryl methyl sites for hydroxylation is 1. The van der Waals surface area contributed by atoms with E-state index in [1.165, 1.54) is 6.33 Å². The maximum Gasteiger partial charge on any atom is 0.250 e. The number of aromatic amines is 1. The number of nitrogens with zero attached hydrogens (tertiary/aromatic N) is 3. The van der Waals surface area contributed by atoms with Crippen molar-refractivity contribution in [2.45, 2.75) is 24.4 Å². The highest BCUT2D eigenvalue weighted by atomic mass is 16.6. The molecule has 0 aromatic carbocycles. The Morgan fingerprint density at radius 1 is 1.40 bits per heavy atom.